The number of benzene rings is 1. The summed E-state index contributed by atoms with van der Waals surface area (Å²) < 4.78 is 41.1. The summed E-state index contributed by atoms with van der Waals surface area (Å²) in [5, 5.41) is 6.84. The smallest absolute Gasteiger partial charge is 0.296 e. The van der Waals surface area contributed by atoms with Gasteiger partial charge in [0.1, 0.15) is 0 Å². The molecule has 6 nitrogen and oxygen atoms in total. The maximum atomic E-state index is 13.4. The van der Waals surface area contributed by atoms with E-state index in [9.17, 15) is 22.8 Å². The molecule has 0 bridgehead atoms. The van der Waals surface area contributed by atoms with Crippen molar-refractivity contribution in [3.8, 4) is 5.69 Å². The second-order valence-electron chi connectivity index (χ2n) is 6.62. The number of carbonyl (C=O) groups excluding carboxylic acids is 1. The molecule has 1 amide bonds. The molecule has 0 saturated carbocycles. The van der Waals surface area contributed by atoms with Crippen molar-refractivity contribution in [2.75, 3.05) is 5.32 Å². The molecule has 0 radical (unpaired) electrons. The van der Waals surface area contributed by atoms with Crippen molar-refractivity contribution in [3.63, 3.8) is 0 Å². The van der Waals surface area contributed by atoms with Gasteiger partial charge in [-0.1, -0.05) is 12.1 Å². The first kappa shape index (κ1) is 19.3. The Morgan fingerprint density at radius 1 is 1.24 bits per heavy atom. The Kier molecular flexibility index (Phi) is 4.73. The molecule has 3 aromatic rings. The summed E-state index contributed by atoms with van der Waals surface area (Å²) in [6.07, 6.45) is -1.86. The quantitative estimate of drug-likeness (QED) is 0.700. The van der Waals surface area contributed by atoms with Gasteiger partial charge in [0.25, 0.3) is 5.91 Å². The summed E-state index contributed by atoms with van der Waals surface area (Å²) in [5.41, 5.74) is -1.25. The van der Waals surface area contributed by atoms with Crippen LogP contribution in [0.2, 0.25) is 0 Å². The fraction of sp³-hybridized carbons (Fsp3) is 0.263. The van der Waals surface area contributed by atoms with E-state index in [0.717, 1.165) is 46.6 Å². The van der Waals surface area contributed by atoms with Gasteiger partial charge in [-0.3, -0.25) is 14.9 Å². The number of nitrogens with zero attached hydrogens (tertiary/aromatic N) is 3. The fourth-order valence-electron chi connectivity index (χ4n) is 3.25. The van der Waals surface area contributed by atoms with Gasteiger partial charge >= 0.3 is 6.18 Å². The molecule has 1 N–H and O–H groups in total. The minimum absolute atomic E-state index is 0.177. The number of halogens is 3. The van der Waals surface area contributed by atoms with E-state index >= 15 is 0 Å². The van der Waals surface area contributed by atoms with Gasteiger partial charge in [0, 0.05) is 16.6 Å². The molecule has 2 aromatic heterocycles. The zero-order valence-corrected chi connectivity index (χ0v) is 16.0. The van der Waals surface area contributed by atoms with Crippen molar-refractivity contribution < 1.29 is 18.0 Å². The number of amides is 1. The van der Waals surface area contributed by atoms with E-state index in [1.807, 2.05) is 0 Å². The van der Waals surface area contributed by atoms with Crippen molar-refractivity contribution in [2.45, 2.75) is 32.4 Å². The maximum Gasteiger partial charge on any atom is 0.418 e. The molecule has 1 aromatic carbocycles. The number of hydrogen-bond acceptors (Lipinski definition) is 5. The molecule has 0 atom stereocenters. The number of anilines is 1. The predicted octanol–water partition coefficient (Wildman–Crippen LogP) is 3.76. The van der Waals surface area contributed by atoms with Crippen LogP contribution in [0.15, 0.2) is 35.1 Å². The summed E-state index contributed by atoms with van der Waals surface area (Å²) in [6, 6.07) is 5.95. The van der Waals surface area contributed by atoms with Gasteiger partial charge in [-0.2, -0.15) is 18.3 Å². The molecule has 0 aliphatic heterocycles. The molecule has 1 aliphatic carbocycles. The predicted molar refractivity (Wildman–Crippen MR) is 102 cm³/mol. The molecule has 0 saturated heterocycles. The molecule has 10 heteroatoms. The lowest BCUT2D eigenvalue weighted by molar-refractivity contribution is -0.137. The minimum atomic E-state index is -4.61. The number of rotatable bonds is 3. The monoisotopic (exact) mass is 420 g/mol. The summed E-state index contributed by atoms with van der Waals surface area (Å²) in [6.45, 7) is 1.45. The fourth-order valence-corrected chi connectivity index (χ4v) is 4.29. The molecule has 29 heavy (non-hydrogen) atoms. The van der Waals surface area contributed by atoms with Crippen LogP contribution in [0.5, 0.6) is 0 Å². The van der Waals surface area contributed by atoms with Crippen LogP contribution in [0, 0.1) is 6.92 Å². The van der Waals surface area contributed by atoms with Crippen LogP contribution in [0.25, 0.3) is 5.69 Å². The van der Waals surface area contributed by atoms with Crippen LogP contribution in [0.4, 0.5) is 18.3 Å². The number of hydrogen-bond donors (Lipinski definition) is 1. The zero-order valence-electron chi connectivity index (χ0n) is 15.2. The summed E-state index contributed by atoms with van der Waals surface area (Å²) >= 11 is 1.33. The normalized spacial score (nSPS) is 13.4. The Bertz CT molecular complexity index is 1150. The number of aryl methyl sites for hydroxylation is 3. The SMILES string of the molecule is Cc1cc(=O)c(C(=O)Nc2nc3c(s2)CCC3)nn1-c1ccccc1C(F)(F)F. The van der Waals surface area contributed by atoms with Crippen molar-refractivity contribution in [3.05, 3.63) is 68.1 Å². The Hall–Kier alpha value is -3.01. The first-order chi connectivity index (χ1) is 13.7. The first-order valence-electron chi connectivity index (χ1n) is 8.81. The van der Waals surface area contributed by atoms with Crippen LogP contribution in [0.3, 0.4) is 0 Å². The number of thiazole rings is 1. The Balaban J connectivity index is 1.73. The summed E-state index contributed by atoms with van der Waals surface area (Å²) in [4.78, 5) is 30.3. The summed E-state index contributed by atoms with van der Waals surface area (Å²) in [5.74, 6) is -0.805. The van der Waals surface area contributed by atoms with Crippen molar-refractivity contribution in [1.29, 1.82) is 0 Å². The largest absolute Gasteiger partial charge is 0.418 e. The highest BCUT2D eigenvalue weighted by molar-refractivity contribution is 7.15. The minimum Gasteiger partial charge on any atom is -0.296 e. The average Bonchev–Trinajstić information content (AvgIpc) is 3.22. The van der Waals surface area contributed by atoms with Gasteiger partial charge < -0.3 is 0 Å². The standard InChI is InChI=1S/C19H15F3N4O2S/c1-10-9-14(27)16(17(28)24-18-23-12-6-4-8-15(12)29-18)25-26(10)13-7-3-2-5-11(13)19(20,21)22/h2-3,5,7,9H,4,6,8H2,1H3,(H,23,24,28). The second kappa shape index (κ2) is 7.11. The van der Waals surface area contributed by atoms with Gasteiger partial charge in [0.15, 0.2) is 10.8 Å². The number of nitrogens with one attached hydrogen (secondary N) is 1. The van der Waals surface area contributed by atoms with E-state index in [-0.39, 0.29) is 11.4 Å². The highest BCUT2D eigenvalue weighted by Crippen LogP contribution is 2.34. The Morgan fingerprint density at radius 2 is 2.00 bits per heavy atom. The van der Waals surface area contributed by atoms with Gasteiger partial charge in [-0.25, -0.2) is 9.67 Å². The van der Waals surface area contributed by atoms with E-state index in [0.29, 0.717) is 5.13 Å². The number of carbonyl (C=O) groups is 1. The average molecular weight is 420 g/mol. The Labute approximate surface area is 167 Å². The van der Waals surface area contributed by atoms with Gasteiger partial charge in [-0.05, 0) is 38.3 Å². The van der Waals surface area contributed by atoms with Crippen molar-refractivity contribution >= 4 is 22.4 Å². The number of fused-ring (bicyclic) bond motifs is 1. The first-order valence-corrected chi connectivity index (χ1v) is 9.63. The highest BCUT2D eigenvalue weighted by Gasteiger charge is 2.34. The highest BCUT2D eigenvalue weighted by atomic mass is 32.1. The van der Waals surface area contributed by atoms with E-state index in [2.05, 4.69) is 15.4 Å². The van der Waals surface area contributed by atoms with E-state index < -0.39 is 28.8 Å². The maximum absolute atomic E-state index is 13.4. The third-order valence-electron chi connectivity index (χ3n) is 4.58. The summed E-state index contributed by atoms with van der Waals surface area (Å²) in [7, 11) is 0. The van der Waals surface area contributed by atoms with E-state index in [1.54, 1.807) is 0 Å². The molecule has 0 unspecified atom stereocenters. The zero-order chi connectivity index (χ0) is 20.8. The number of aromatic nitrogens is 3. The molecule has 2 heterocycles. The van der Waals surface area contributed by atoms with Crippen molar-refractivity contribution in [2.24, 2.45) is 0 Å². The lowest BCUT2D eigenvalue weighted by Gasteiger charge is -2.16. The molecular weight excluding hydrogens is 405 g/mol. The van der Waals surface area contributed by atoms with Crippen LogP contribution < -0.4 is 10.7 Å². The third kappa shape index (κ3) is 3.67. The second-order valence-corrected chi connectivity index (χ2v) is 7.71. The van der Waals surface area contributed by atoms with E-state index in [1.165, 1.54) is 36.5 Å². The van der Waals surface area contributed by atoms with Crippen molar-refractivity contribution in [1.82, 2.24) is 14.8 Å². The van der Waals surface area contributed by atoms with Gasteiger partial charge in [0.05, 0.1) is 16.9 Å². The van der Waals surface area contributed by atoms with Crippen LogP contribution in [0.1, 0.15) is 38.7 Å². The van der Waals surface area contributed by atoms with Gasteiger partial charge in [0.2, 0.25) is 5.43 Å². The molecule has 0 spiro atoms. The molecular formula is C19H15F3N4O2S. The molecule has 0 fully saturated rings. The molecule has 1 aliphatic rings. The lowest BCUT2D eigenvalue weighted by Crippen LogP contribution is -2.27. The molecule has 4 rings (SSSR count). The van der Waals surface area contributed by atoms with Crippen LogP contribution >= 0.6 is 11.3 Å². The van der Waals surface area contributed by atoms with Crippen LogP contribution in [-0.2, 0) is 19.0 Å². The Morgan fingerprint density at radius 3 is 2.72 bits per heavy atom. The van der Waals surface area contributed by atoms with Crippen LogP contribution in [-0.4, -0.2) is 20.7 Å². The number of alkyl halides is 3. The number of para-hydroxylation sites is 1. The molecule has 150 valence electrons. The lowest BCUT2D eigenvalue weighted by atomic mass is 10.1. The van der Waals surface area contributed by atoms with Gasteiger partial charge in [-0.15, -0.1) is 11.3 Å². The topological polar surface area (TPSA) is 76.9 Å². The third-order valence-corrected chi connectivity index (χ3v) is 5.65. The van der Waals surface area contributed by atoms with E-state index in [4.69, 9.17) is 0 Å².